The van der Waals surface area contributed by atoms with E-state index in [4.69, 9.17) is 16.5 Å². The Morgan fingerprint density at radius 3 is 2.00 bits per heavy atom. The zero-order valence-electron chi connectivity index (χ0n) is 22.2. The van der Waals surface area contributed by atoms with Crippen LogP contribution in [0.15, 0.2) is 115 Å². The van der Waals surface area contributed by atoms with Crippen LogP contribution in [0.4, 0.5) is 5.82 Å². The summed E-state index contributed by atoms with van der Waals surface area (Å²) < 4.78 is 4.59. The molecule has 0 saturated carbocycles. The van der Waals surface area contributed by atoms with Gasteiger partial charge in [0.25, 0.3) is 0 Å². The van der Waals surface area contributed by atoms with Crippen molar-refractivity contribution in [2.75, 3.05) is 0 Å². The fraction of sp³-hybridized carbons (Fsp3) is 0. The van der Waals surface area contributed by atoms with Crippen LogP contribution in [-0.4, -0.2) is 18.9 Å². The second-order valence-electron chi connectivity index (χ2n) is 10.9. The van der Waals surface area contributed by atoms with Crippen LogP contribution in [0, 0.1) is 6.57 Å². The number of aromatic nitrogens is 4. The molecule has 10 aromatic rings. The van der Waals surface area contributed by atoms with E-state index in [0.717, 1.165) is 27.5 Å². The van der Waals surface area contributed by atoms with Gasteiger partial charge >= 0.3 is 5.82 Å². The molecule has 4 heterocycles. The number of fused-ring (bicyclic) bond motifs is 12. The van der Waals surface area contributed by atoms with Gasteiger partial charge in [-0.1, -0.05) is 79.4 Å². The number of nitrogens with zero attached hydrogens (tertiary/aromatic N) is 5. The van der Waals surface area contributed by atoms with E-state index >= 15 is 0 Å². The smallest absolute Gasteiger partial charge is 0.313 e. The molecule has 5 nitrogen and oxygen atoms in total. The maximum atomic E-state index is 8.06. The molecule has 0 N–H and O–H groups in total. The largest absolute Gasteiger partial charge is 0.358 e. The molecule has 0 aliphatic heterocycles. The molecule has 42 heavy (non-hydrogen) atoms. The van der Waals surface area contributed by atoms with Gasteiger partial charge < -0.3 is 13.8 Å². The second-order valence-corrected chi connectivity index (χ2v) is 10.9. The van der Waals surface area contributed by atoms with Gasteiger partial charge in [0.1, 0.15) is 5.52 Å². The lowest BCUT2D eigenvalue weighted by molar-refractivity contribution is 1.09. The summed E-state index contributed by atoms with van der Waals surface area (Å²) in [5.74, 6) is 0.851. The van der Waals surface area contributed by atoms with Gasteiger partial charge in [-0.25, -0.2) is 4.98 Å². The van der Waals surface area contributed by atoms with Gasteiger partial charge in [-0.05, 0) is 53.2 Å². The Balaban J connectivity index is 1.52. The first-order chi connectivity index (χ1) is 20.8. The van der Waals surface area contributed by atoms with E-state index in [0.29, 0.717) is 11.6 Å². The minimum atomic E-state index is 0.293. The van der Waals surface area contributed by atoms with Crippen molar-refractivity contribution >= 4 is 87.5 Å². The summed E-state index contributed by atoms with van der Waals surface area (Å²) in [6, 6.07) is 40.4. The fourth-order valence-electron chi connectivity index (χ4n) is 7.13. The van der Waals surface area contributed by atoms with E-state index in [9.17, 15) is 0 Å². The standard InChI is InChI=1S/C37H19N5/c1-38-36-37(40-28-15-7-6-14-27(28)39-36)42-30-17-9-5-13-24(30)33-32(42)20-25-23-12-4-8-16-29(23)41-31-19-22-11-3-2-10-21(22)18-26(31)34(33)35(25)41/h2-20H. The van der Waals surface area contributed by atoms with Gasteiger partial charge in [-0.3, -0.25) is 0 Å². The van der Waals surface area contributed by atoms with Gasteiger partial charge in [0.2, 0.25) is 0 Å². The topological polar surface area (TPSA) is 39.5 Å². The van der Waals surface area contributed by atoms with Gasteiger partial charge in [-0.2, -0.15) is 0 Å². The molecule has 0 unspecified atom stereocenters. The molecule has 0 bridgehead atoms. The Bertz CT molecular complexity index is 2810. The molecule has 4 aromatic heterocycles. The van der Waals surface area contributed by atoms with E-state index in [1.54, 1.807) is 0 Å². The molecule has 0 saturated heterocycles. The average molecular weight is 534 g/mol. The van der Waals surface area contributed by atoms with Crippen molar-refractivity contribution in [1.29, 1.82) is 0 Å². The molecular weight excluding hydrogens is 514 g/mol. The minimum Gasteiger partial charge on any atom is -0.358 e. The third-order valence-electron chi connectivity index (χ3n) is 8.82. The average Bonchev–Trinajstić information content (AvgIpc) is 3.67. The Morgan fingerprint density at radius 2 is 1.19 bits per heavy atom. The fourth-order valence-corrected chi connectivity index (χ4v) is 7.13. The lowest BCUT2D eigenvalue weighted by Crippen LogP contribution is -2.00. The molecule has 0 aliphatic rings. The summed E-state index contributed by atoms with van der Waals surface area (Å²) in [4.78, 5) is 13.7. The van der Waals surface area contributed by atoms with Crippen molar-refractivity contribution in [2.45, 2.75) is 0 Å². The molecule has 0 spiro atoms. The van der Waals surface area contributed by atoms with Gasteiger partial charge in [-0.15, -0.1) is 4.98 Å². The van der Waals surface area contributed by atoms with Crippen molar-refractivity contribution in [1.82, 2.24) is 18.9 Å². The van der Waals surface area contributed by atoms with Crippen LogP contribution in [0.2, 0.25) is 0 Å². The van der Waals surface area contributed by atoms with Gasteiger partial charge in [0.15, 0.2) is 11.3 Å². The Hall–Kier alpha value is -5.99. The van der Waals surface area contributed by atoms with Crippen molar-refractivity contribution in [2.24, 2.45) is 0 Å². The second kappa shape index (κ2) is 7.60. The molecule has 0 radical (unpaired) electrons. The lowest BCUT2D eigenvalue weighted by Gasteiger charge is -2.10. The third kappa shape index (κ3) is 2.57. The molecule has 0 fully saturated rings. The number of hydrogen-bond acceptors (Lipinski definition) is 2. The molecule has 0 aliphatic carbocycles. The summed E-state index contributed by atoms with van der Waals surface area (Å²) in [7, 11) is 0. The first-order valence-electron chi connectivity index (χ1n) is 14.0. The van der Waals surface area contributed by atoms with Crippen molar-refractivity contribution in [3.05, 3.63) is 127 Å². The highest BCUT2D eigenvalue weighted by Crippen LogP contribution is 2.47. The van der Waals surface area contributed by atoms with E-state index in [2.05, 4.69) is 105 Å². The normalized spacial score (nSPS) is 12.3. The maximum Gasteiger partial charge on any atom is 0.313 e. The highest BCUT2D eigenvalue weighted by Gasteiger charge is 2.25. The molecule has 10 rings (SSSR count). The third-order valence-corrected chi connectivity index (χ3v) is 8.82. The number of rotatable bonds is 1. The quantitative estimate of drug-likeness (QED) is 0.197. The summed E-state index contributed by atoms with van der Waals surface area (Å²) in [5, 5.41) is 9.60. The zero-order chi connectivity index (χ0) is 27.5. The van der Waals surface area contributed by atoms with Crippen molar-refractivity contribution < 1.29 is 0 Å². The highest BCUT2D eigenvalue weighted by molar-refractivity contribution is 6.36. The van der Waals surface area contributed by atoms with Crippen LogP contribution in [0.1, 0.15) is 0 Å². The molecule has 6 aromatic carbocycles. The number of benzene rings is 6. The SMILES string of the molecule is [C-]#[N+]c1nc2ccccc2nc1-n1c2ccccc2c2c3c4cc5ccccc5cc4n4c5ccccc5c(cc21)c34. The van der Waals surface area contributed by atoms with Crippen LogP contribution < -0.4 is 0 Å². The number of hydrogen-bond donors (Lipinski definition) is 0. The first-order valence-corrected chi connectivity index (χ1v) is 14.0. The monoisotopic (exact) mass is 533 g/mol. The van der Waals surface area contributed by atoms with E-state index in [1.807, 2.05) is 24.3 Å². The summed E-state index contributed by atoms with van der Waals surface area (Å²) in [5.41, 5.74) is 7.15. The van der Waals surface area contributed by atoms with E-state index in [1.165, 1.54) is 54.3 Å². The molecule has 192 valence electrons. The predicted octanol–water partition coefficient (Wildman–Crippen LogP) is 9.58. The summed E-state index contributed by atoms with van der Waals surface area (Å²) in [6.07, 6.45) is 0. The Kier molecular flexibility index (Phi) is 3.94. The summed E-state index contributed by atoms with van der Waals surface area (Å²) >= 11 is 0. The lowest BCUT2D eigenvalue weighted by atomic mass is 10.0. The predicted molar refractivity (Wildman–Crippen MR) is 172 cm³/mol. The Labute approximate surface area is 238 Å². The van der Waals surface area contributed by atoms with Crippen LogP contribution in [0.25, 0.3) is 92.4 Å². The highest BCUT2D eigenvalue weighted by atomic mass is 15.1. The van der Waals surface area contributed by atoms with Gasteiger partial charge in [0, 0.05) is 32.3 Å². The van der Waals surface area contributed by atoms with Crippen LogP contribution in [0.3, 0.4) is 0 Å². The van der Waals surface area contributed by atoms with Crippen LogP contribution in [-0.2, 0) is 0 Å². The molecule has 0 amide bonds. The van der Waals surface area contributed by atoms with Crippen molar-refractivity contribution in [3.63, 3.8) is 0 Å². The van der Waals surface area contributed by atoms with Gasteiger partial charge in [0.05, 0.1) is 27.6 Å². The summed E-state index contributed by atoms with van der Waals surface area (Å²) in [6.45, 7) is 8.06. The molecule has 0 atom stereocenters. The number of para-hydroxylation sites is 4. The van der Waals surface area contributed by atoms with E-state index < -0.39 is 0 Å². The Morgan fingerprint density at radius 1 is 0.524 bits per heavy atom. The minimum absolute atomic E-state index is 0.293. The van der Waals surface area contributed by atoms with Crippen LogP contribution >= 0.6 is 0 Å². The zero-order valence-corrected chi connectivity index (χ0v) is 22.2. The van der Waals surface area contributed by atoms with Crippen LogP contribution in [0.5, 0.6) is 0 Å². The van der Waals surface area contributed by atoms with Crippen molar-refractivity contribution in [3.8, 4) is 5.82 Å². The maximum absolute atomic E-state index is 8.06. The molecule has 5 heteroatoms. The first kappa shape index (κ1) is 21.8. The molecular formula is C37H19N5. The van der Waals surface area contributed by atoms with E-state index in [-0.39, 0.29) is 0 Å².